The van der Waals surface area contributed by atoms with E-state index < -0.39 is 0 Å². The number of ketones is 2. The van der Waals surface area contributed by atoms with Gasteiger partial charge >= 0.3 is 0 Å². The molecule has 1 aromatic heterocycles. The van der Waals surface area contributed by atoms with Crippen molar-refractivity contribution in [3.63, 3.8) is 0 Å². The molecular weight excluding hydrogens is 298 g/mol. The lowest BCUT2D eigenvalue weighted by Crippen LogP contribution is -2.13. The number of hydrogen-bond acceptors (Lipinski definition) is 2. The van der Waals surface area contributed by atoms with Crippen molar-refractivity contribution < 1.29 is 9.59 Å². The van der Waals surface area contributed by atoms with Gasteiger partial charge in [0.25, 0.3) is 0 Å². The van der Waals surface area contributed by atoms with E-state index in [1.807, 2.05) is 79.0 Å². The van der Waals surface area contributed by atoms with Gasteiger partial charge in [-0.2, -0.15) is 0 Å². The van der Waals surface area contributed by atoms with Crippen LogP contribution >= 0.6 is 0 Å². The number of H-pyrrole nitrogens is 1. The molecule has 3 nitrogen and oxygen atoms in total. The van der Waals surface area contributed by atoms with E-state index in [0.29, 0.717) is 24.0 Å². The number of Topliss-reactive ketones (excluding diaryl/α,β-unsaturated/α-hetero) is 2. The minimum atomic E-state index is -0.152. The van der Waals surface area contributed by atoms with E-state index in [9.17, 15) is 9.59 Å². The molecule has 3 rings (SSSR count). The molecule has 0 saturated heterocycles. The van der Waals surface area contributed by atoms with Crippen LogP contribution in [0.25, 0.3) is 0 Å². The van der Waals surface area contributed by atoms with Gasteiger partial charge in [-0.05, 0) is 12.1 Å². The number of rotatable bonds is 7. The summed E-state index contributed by atoms with van der Waals surface area (Å²) in [5.74, 6) is -0.0486. The van der Waals surface area contributed by atoms with Crippen LogP contribution in [0.4, 0.5) is 0 Å². The van der Waals surface area contributed by atoms with Crippen molar-refractivity contribution in [1.29, 1.82) is 0 Å². The van der Waals surface area contributed by atoms with E-state index in [4.69, 9.17) is 0 Å². The summed E-state index contributed by atoms with van der Waals surface area (Å²) in [6.07, 6.45) is 2.44. The minimum Gasteiger partial charge on any atom is -0.365 e. The van der Waals surface area contributed by atoms with E-state index in [-0.39, 0.29) is 17.5 Å². The first kappa shape index (κ1) is 15.9. The Bertz CT molecular complexity index is 739. The van der Waals surface area contributed by atoms with Crippen LogP contribution in [0.5, 0.6) is 0 Å². The topological polar surface area (TPSA) is 49.9 Å². The van der Waals surface area contributed by atoms with Gasteiger partial charge < -0.3 is 4.98 Å². The average molecular weight is 317 g/mol. The molecule has 1 N–H and O–H groups in total. The van der Waals surface area contributed by atoms with Crippen molar-refractivity contribution in [2.24, 2.45) is 0 Å². The Morgan fingerprint density at radius 3 is 1.62 bits per heavy atom. The second kappa shape index (κ2) is 7.55. The third-order valence-corrected chi connectivity index (χ3v) is 4.12. The highest BCUT2D eigenvalue weighted by Gasteiger charge is 2.21. The van der Waals surface area contributed by atoms with E-state index in [1.165, 1.54) is 0 Å². The molecule has 0 aliphatic heterocycles. The molecule has 24 heavy (non-hydrogen) atoms. The zero-order valence-electron chi connectivity index (χ0n) is 13.3. The van der Waals surface area contributed by atoms with Gasteiger partial charge in [0.15, 0.2) is 11.6 Å². The van der Waals surface area contributed by atoms with Gasteiger partial charge in [0.2, 0.25) is 0 Å². The molecule has 0 unspecified atom stereocenters. The Hall–Kier alpha value is -2.94. The summed E-state index contributed by atoms with van der Waals surface area (Å²) in [5, 5.41) is 0. The summed E-state index contributed by atoms with van der Waals surface area (Å²) in [5.41, 5.74) is 2.28. The van der Waals surface area contributed by atoms with Gasteiger partial charge in [0.05, 0.1) is 0 Å². The van der Waals surface area contributed by atoms with Crippen LogP contribution in [0.3, 0.4) is 0 Å². The third kappa shape index (κ3) is 3.87. The number of aromatic nitrogens is 1. The highest BCUT2D eigenvalue weighted by Crippen LogP contribution is 2.26. The van der Waals surface area contributed by atoms with Crippen LogP contribution < -0.4 is 0 Å². The number of carbonyl (C=O) groups is 2. The first-order valence-corrected chi connectivity index (χ1v) is 8.04. The van der Waals surface area contributed by atoms with Gasteiger partial charge in [-0.15, -0.1) is 0 Å². The fourth-order valence-corrected chi connectivity index (χ4v) is 2.82. The molecule has 0 spiro atoms. The zero-order valence-corrected chi connectivity index (χ0v) is 13.3. The van der Waals surface area contributed by atoms with E-state index >= 15 is 0 Å². The largest absolute Gasteiger partial charge is 0.365 e. The number of nitrogens with one attached hydrogen (secondary N) is 1. The Balaban J connectivity index is 1.77. The van der Waals surface area contributed by atoms with Gasteiger partial charge in [-0.1, -0.05) is 60.7 Å². The zero-order chi connectivity index (χ0) is 16.8. The molecule has 0 aliphatic carbocycles. The van der Waals surface area contributed by atoms with Gasteiger partial charge in [-0.3, -0.25) is 9.59 Å². The highest BCUT2D eigenvalue weighted by atomic mass is 16.1. The van der Waals surface area contributed by atoms with Crippen molar-refractivity contribution in [3.05, 3.63) is 95.8 Å². The van der Waals surface area contributed by atoms with Crippen LogP contribution in [-0.2, 0) is 0 Å². The van der Waals surface area contributed by atoms with Crippen molar-refractivity contribution in [2.75, 3.05) is 0 Å². The van der Waals surface area contributed by atoms with E-state index in [0.717, 1.165) is 5.69 Å². The van der Waals surface area contributed by atoms with Gasteiger partial charge in [0, 0.05) is 41.8 Å². The molecule has 3 heteroatoms. The van der Waals surface area contributed by atoms with Crippen LogP contribution in [0.15, 0.2) is 79.0 Å². The summed E-state index contributed by atoms with van der Waals surface area (Å²) < 4.78 is 0. The Morgan fingerprint density at radius 2 is 1.21 bits per heavy atom. The predicted octanol–water partition coefficient (Wildman–Crippen LogP) is 4.64. The van der Waals surface area contributed by atoms with Crippen LogP contribution in [0.1, 0.15) is 45.2 Å². The molecule has 1 heterocycles. The quantitative estimate of drug-likeness (QED) is 0.645. The van der Waals surface area contributed by atoms with Crippen molar-refractivity contribution >= 4 is 11.6 Å². The van der Waals surface area contributed by atoms with Gasteiger partial charge in [-0.25, -0.2) is 0 Å². The number of carbonyl (C=O) groups excluding carboxylic acids is 2. The van der Waals surface area contributed by atoms with Crippen molar-refractivity contribution in [1.82, 2.24) is 4.98 Å². The maximum absolute atomic E-state index is 12.5. The minimum absolute atomic E-state index is 0.0519. The fourth-order valence-electron chi connectivity index (χ4n) is 2.82. The Kier molecular flexibility index (Phi) is 5.02. The molecule has 0 atom stereocenters. The summed E-state index contributed by atoms with van der Waals surface area (Å²) in [4.78, 5) is 28.2. The normalized spacial score (nSPS) is 10.7. The predicted molar refractivity (Wildman–Crippen MR) is 94.3 cm³/mol. The smallest absolute Gasteiger partial charge is 0.163 e. The summed E-state index contributed by atoms with van der Waals surface area (Å²) in [6, 6.07) is 22.3. The number of hydrogen-bond donors (Lipinski definition) is 1. The molecule has 0 bridgehead atoms. The first-order chi connectivity index (χ1) is 11.7. The molecule has 0 aliphatic rings. The Morgan fingerprint density at radius 1 is 0.708 bits per heavy atom. The SMILES string of the molecule is O=C(CC(CC(=O)c1ccccc1)c1ccc[nH]1)c1ccccc1. The monoisotopic (exact) mass is 317 g/mol. The maximum Gasteiger partial charge on any atom is 0.163 e. The van der Waals surface area contributed by atoms with E-state index in [2.05, 4.69) is 4.98 Å². The van der Waals surface area contributed by atoms with Crippen LogP contribution in [-0.4, -0.2) is 16.6 Å². The summed E-state index contributed by atoms with van der Waals surface area (Å²) >= 11 is 0. The van der Waals surface area contributed by atoms with E-state index in [1.54, 1.807) is 0 Å². The molecule has 0 fully saturated rings. The molecule has 0 saturated carbocycles. The summed E-state index contributed by atoms with van der Waals surface area (Å²) in [7, 11) is 0. The lowest BCUT2D eigenvalue weighted by Gasteiger charge is -2.14. The lowest BCUT2D eigenvalue weighted by atomic mass is 9.89. The van der Waals surface area contributed by atoms with Crippen molar-refractivity contribution in [2.45, 2.75) is 18.8 Å². The standard InChI is InChI=1S/C21H19NO2/c23-20(16-8-3-1-4-9-16)14-18(19-12-7-13-22-19)15-21(24)17-10-5-2-6-11-17/h1-13,18,22H,14-15H2. The highest BCUT2D eigenvalue weighted by molar-refractivity contribution is 5.99. The fraction of sp³-hybridized carbons (Fsp3) is 0.143. The first-order valence-electron chi connectivity index (χ1n) is 8.04. The number of benzene rings is 2. The molecular formula is C21H19NO2. The molecule has 0 radical (unpaired) electrons. The second-order valence-electron chi connectivity index (χ2n) is 5.81. The summed E-state index contributed by atoms with van der Waals surface area (Å²) in [6.45, 7) is 0. The van der Waals surface area contributed by atoms with Gasteiger partial charge in [0.1, 0.15) is 0 Å². The second-order valence-corrected chi connectivity index (χ2v) is 5.81. The van der Waals surface area contributed by atoms with Crippen LogP contribution in [0.2, 0.25) is 0 Å². The Labute approximate surface area is 141 Å². The molecule has 2 aromatic carbocycles. The number of aromatic amines is 1. The van der Waals surface area contributed by atoms with Crippen LogP contribution in [0, 0.1) is 0 Å². The molecule has 3 aromatic rings. The third-order valence-electron chi connectivity index (χ3n) is 4.12. The maximum atomic E-state index is 12.5. The molecule has 0 amide bonds. The lowest BCUT2D eigenvalue weighted by molar-refractivity contribution is 0.0943. The van der Waals surface area contributed by atoms with Crippen molar-refractivity contribution in [3.8, 4) is 0 Å². The molecule has 120 valence electrons. The average Bonchev–Trinajstić information content (AvgIpc) is 3.17.